The predicted octanol–water partition coefficient (Wildman–Crippen LogP) is 3.91. The molecule has 2 heterocycles. The first kappa shape index (κ1) is 17.3. The van der Waals surface area contributed by atoms with Crippen molar-refractivity contribution in [3.63, 3.8) is 0 Å². The van der Waals surface area contributed by atoms with E-state index in [1.807, 2.05) is 55.7 Å². The molecule has 7 heteroatoms. The van der Waals surface area contributed by atoms with Gasteiger partial charge in [-0.25, -0.2) is 0 Å². The van der Waals surface area contributed by atoms with Gasteiger partial charge in [0.15, 0.2) is 16.7 Å². The Morgan fingerprint density at radius 3 is 2.84 bits per heavy atom. The fourth-order valence-corrected chi connectivity index (χ4v) is 3.26. The number of furan rings is 1. The van der Waals surface area contributed by atoms with Crippen LogP contribution in [0.5, 0.6) is 0 Å². The summed E-state index contributed by atoms with van der Waals surface area (Å²) in [5.74, 6) is 1.54. The second-order valence-electron chi connectivity index (χ2n) is 5.68. The predicted molar refractivity (Wildman–Crippen MR) is 98.7 cm³/mol. The van der Waals surface area contributed by atoms with Crippen LogP contribution in [0.1, 0.15) is 18.1 Å². The third-order valence-corrected chi connectivity index (χ3v) is 4.74. The molecule has 2 aromatic heterocycles. The molecule has 0 saturated heterocycles. The van der Waals surface area contributed by atoms with Crippen LogP contribution in [0.15, 0.2) is 46.2 Å². The summed E-state index contributed by atoms with van der Waals surface area (Å²) < 4.78 is 7.33. The summed E-state index contributed by atoms with van der Waals surface area (Å²) in [6.45, 7) is 6.69. The van der Waals surface area contributed by atoms with Gasteiger partial charge < -0.3 is 9.73 Å². The van der Waals surface area contributed by atoms with Gasteiger partial charge in [0.1, 0.15) is 0 Å². The topological polar surface area (TPSA) is 73.0 Å². The maximum Gasteiger partial charge on any atom is 0.234 e. The highest BCUT2D eigenvalue weighted by atomic mass is 32.2. The summed E-state index contributed by atoms with van der Waals surface area (Å²) in [7, 11) is 0. The van der Waals surface area contributed by atoms with E-state index in [0.29, 0.717) is 23.3 Å². The van der Waals surface area contributed by atoms with Crippen LogP contribution in [-0.4, -0.2) is 26.4 Å². The molecule has 0 spiro atoms. The molecule has 0 aliphatic rings. The summed E-state index contributed by atoms with van der Waals surface area (Å²) in [4.78, 5) is 12.3. The minimum atomic E-state index is -0.0658. The van der Waals surface area contributed by atoms with Gasteiger partial charge in [-0.1, -0.05) is 23.9 Å². The number of rotatable bonds is 6. The summed E-state index contributed by atoms with van der Waals surface area (Å²) in [5, 5.41) is 12.0. The van der Waals surface area contributed by atoms with Gasteiger partial charge in [0.25, 0.3) is 0 Å². The van der Waals surface area contributed by atoms with Crippen LogP contribution in [0.25, 0.3) is 11.6 Å². The van der Waals surface area contributed by atoms with E-state index in [4.69, 9.17) is 4.42 Å². The molecule has 0 radical (unpaired) electrons. The van der Waals surface area contributed by atoms with Crippen molar-refractivity contribution in [1.82, 2.24) is 14.8 Å². The third-order valence-electron chi connectivity index (χ3n) is 3.77. The highest BCUT2D eigenvalue weighted by molar-refractivity contribution is 7.99. The first-order valence-electron chi connectivity index (χ1n) is 8.05. The van der Waals surface area contributed by atoms with Gasteiger partial charge in [0.05, 0.1) is 12.0 Å². The van der Waals surface area contributed by atoms with Gasteiger partial charge in [0, 0.05) is 12.2 Å². The molecule has 0 bridgehead atoms. The molecule has 0 fully saturated rings. The Morgan fingerprint density at radius 1 is 1.28 bits per heavy atom. The summed E-state index contributed by atoms with van der Waals surface area (Å²) in [5.41, 5.74) is 3.00. The molecule has 1 aromatic carbocycles. The quantitative estimate of drug-likeness (QED) is 0.678. The van der Waals surface area contributed by atoms with Crippen LogP contribution < -0.4 is 5.32 Å². The summed E-state index contributed by atoms with van der Waals surface area (Å²) in [6.07, 6.45) is 1.61. The van der Waals surface area contributed by atoms with Crippen molar-refractivity contribution in [1.29, 1.82) is 0 Å². The van der Waals surface area contributed by atoms with E-state index in [1.54, 1.807) is 6.26 Å². The van der Waals surface area contributed by atoms with Crippen molar-refractivity contribution in [2.24, 2.45) is 0 Å². The molecule has 0 saturated carbocycles. The lowest BCUT2D eigenvalue weighted by Crippen LogP contribution is -2.15. The van der Waals surface area contributed by atoms with Crippen LogP contribution in [-0.2, 0) is 11.3 Å². The van der Waals surface area contributed by atoms with Crippen molar-refractivity contribution in [3.8, 4) is 11.6 Å². The Labute approximate surface area is 150 Å². The van der Waals surface area contributed by atoms with Crippen molar-refractivity contribution in [3.05, 3.63) is 47.7 Å². The van der Waals surface area contributed by atoms with Gasteiger partial charge in [-0.2, -0.15) is 0 Å². The first-order chi connectivity index (χ1) is 12.1. The average molecular weight is 356 g/mol. The zero-order valence-electron chi connectivity index (χ0n) is 14.4. The monoisotopic (exact) mass is 356 g/mol. The standard InChI is InChI=1S/C18H20N4O2S/c1-4-22-17(15-6-5-9-24-15)20-21-18(22)25-11-16(23)19-14-10-12(2)7-8-13(14)3/h5-10H,4,11H2,1-3H3,(H,19,23). The summed E-state index contributed by atoms with van der Waals surface area (Å²) >= 11 is 1.36. The third kappa shape index (κ3) is 3.93. The number of carbonyl (C=O) groups excluding carboxylic acids is 1. The van der Waals surface area contributed by atoms with Crippen LogP contribution >= 0.6 is 11.8 Å². The molecule has 1 amide bonds. The van der Waals surface area contributed by atoms with E-state index < -0.39 is 0 Å². The van der Waals surface area contributed by atoms with Crippen molar-refractivity contribution < 1.29 is 9.21 Å². The summed E-state index contributed by atoms with van der Waals surface area (Å²) in [6, 6.07) is 9.66. The molecule has 1 N–H and O–H groups in total. The van der Waals surface area contributed by atoms with Gasteiger partial charge in [0.2, 0.25) is 5.91 Å². The normalized spacial score (nSPS) is 10.8. The Hall–Kier alpha value is -2.54. The van der Waals surface area contributed by atoms with Crippen molar-refractivity contribution >= 4 is 23.4 Å². The average Bonchev–Trinajstić information content (AvgIpc) is 3.24. The first-order valence-corrected chi connectivity index (χ1v) is 9.04. The van der Waals surface area contributed by atoms with Crippen LogP contribution in [0.3, 0.4) is 0 Å². The van der Waals surface area contributed by atoms with Crippen molar-refractivity contribution in [2.45, 2.75) is 32.5 Å². The smallest absolute Gasteiger partial charge is 0.234 e. The number of nitrogens with zero attached hydrogens (tertiary/aromatic N) is 3. The maximum atomic E-state index is 12.3. The number of aryl methyl sites for hydroxylation is 2. The number of aromatic nitrogens is 3. The molecule has 0 aliphatic carbocycles. The number of carbonyl (C=O) groups is 1. The van der Waals surface area contributed by atoms with Crippen LogP contribution in [0, 0.1) is 13.8 Å². The van der Waals surface area contributed by atoms with Crippen molar-refractivity contribution in [2.75, 3.05) is 11.1 Å². The molecule has 130 valence electrons. The lowest BCUT2D eigenvalue weighted by atomic mass is 10.1. The molecule has 3 rings (SSSR count). The Balaban J connectivity index is 1.67. The van der Waals surface area contributed by atoms with Gasteiger partial charge in [-0.3, -0.25) is 9.36 Å². The molecule has 0 aliphatic heterocycles. The maximum absolute atomic E-state index is 12.3. The lowest BCUT2D eigenvalue weighted by molar-refractivity contribution is -0.113. The van der Waals surface area contributed by atoms with Gasteiger partial charge in [-0.15, -0.1) is 10.2 Å². The van der Waals surface area contributed by atoms with Crippen LogP contribution in [0.2, 0.25) is 0 Å². The number of thioether (sulfide) groups is 1. The second-order valence-corrected chi connectivity index (χ2v) is 6.63. The van der Waals surface area contributed by atoms with E-state index in [1.165, 1.54) is 11.8 Å². The van der Waals surface area contributed by atoms with E-state index in [-0.39, 0.29) is 11.7 Å². The Kier molecular flexibility index (Phi) is 5.23. The Morgan fingerprint density at radius 2 is 2.12 bits per heavy atom. The van der Waals surface area contributed by atoms with Gasteiger partial charge >= 0.3 is 0 Å². The molecule has 25 heavy (non-hydrogen) atoms. The molecule has 0 unspecified atom stereocenters. The zero-order valence-corrected chi connectivity index (χ0v) is 15.3. The number of benzene rings is 1. The van der Waals surface area contributed by atoms with E-state index in [2.05, 4.69) is 15.5 Å². The highest BCUT2D eigenvalue weighted by Gasteiger charge is 2.16. The second kappa shape index (κ2) is 7.57. The molecule has 3 aromatic rings. The van der Waals surface area contributed by atoms with Crippen LogP contribution in [0.4, 0.5) is 5.69 Å². The lowest BCUT2D eigenvalue weighted by Gasteiger charge is -2.09. The minimum absolute atomic E-state index is 0.0658. The molecule has 6 nitrogen and oxygen atoms in total. The zero-order chi connectivity index (χ0) is 17.8. The van der Waals surface area contributed by atoms with E-state index in [0.717, 1.165) is 16.8 Å². The van der Waals surface area contributed by atoms with Gasteiger partial charge in [-0.05, 0) is 50.1 Å². The largest absolute Gasteiger partial charge is 0.461 e. The number of hydrogen-bond acceptors (Lipinski definition) is 5. The minimum Gasteiger partial charge on any atom is -0.461 e. The molecular formula is C18H20N4O2S. The number of anilines is 1. The fourth-order valence-electron chi connectivity index (χ4n) is 2.46. The highest BCUT2D eigenvalue weighted by Crippen LogP contribution is 2.24. The van der Waals surface area contributed by atoms with E-state index >= 15 is 0 Å². The number of hydrogen-bond donors (Lipinski definition) is 1. The molecular weight excluding hydrogens is 336 g/mol. The van der Waals surface area contributed by atoms with E-state index in [9.17, 15) is 4.79 Å². The number of nitrogens with one attached hydrogen (secondary N) is 1. The fraction of sp³-hybridized carbons (Fsp3) is 0.278. The molecule has 0 atom stereocenters. The Bertz CT molecular complexity index is 871. The SMILES string of the molecule is CCn1c(SCC(=O)Nc2cc(C)ccc2C)nnc1-c1ccco1. The number of amides is 1.